The molecule has 3 rings (SSSR count). The first kappa shape index (κ1) is 10.5. The van der Waals surface area contributed by atoms with Crippen LogP contribution in [0.4, 0.5) is 0 Å². The van der Waals surface area contributed by atoms with Gasteiger partial charge >= 0.3 is 0 Å². The Morgan fingerprint density at radius 2 is 2.25 bits per heavy atom. The maximum atomic E-state index is 5.96. The second kappa shape index (κ2) is 3.99. The number of benzene rings is 1. The smallest absolute Gasteiger partial charge is 0.0970 e. The average molecular weight is 253 g/mol. The molecule has 2 N–H and O–H groups in total. The van der Waals surface area contributed by atoms with Gasteiger partial charge in [0.05, 0.1) is 15.2 Å². The molecule has 0 bridgehead atoms. The molecule has 1 heterocycles. The lowest BCUT2D eigenvalue weighted by atomic mass is 10.1. The monoisotopic (exact) mass is 252 g/mol. The number of nitrogens with zero attached hydrogens (tertiary/aromatic N) is 1. The van der Waals surface area contributed by atoms with Crippen LogP contribution in [-0.2, 0) is 0 Å². The van der Waals surface area contributed by atoms with Gasteiger partial charge < -0.3 is 5.73 Å². The lowest BCUT2D eigenvalue weighted by molar-refractivity contribution is 0.673. The number of hydrogen-bond donors (Lipinski definition) is 1. The summed E-state index contributed by atoms with van der Waals surface area (Å²) in [6.07, 6.45) is 3.38. The number of nitrogens with two attached hydrogens (primary N) is 1. The van der Waals surface area contributed by atoms with Gasteiger partial charge in [-0.05, 0) is 37.5 Å². The van der Waals surface area contributed by atoms with Gasteiger partial charge in [0.15, 0.2) is 0 Å². The molecule has 0 saturated heterocycles. The molecular weight excluding hydrogens is 240 g/mol. The minimum absolute atomic E-state index is 0.362. The van der Waals surface area contributed by atoms with Crippen molar-refractivity contribution in [3.63, 3.8) is 0 Å². The molecule has 1 fully saturated rings. The molecule has 2 nitrogen and oxygen atoms in total. The highest BCUT2D eigenvalue weighted by atomic mass is 35.5. The molecular formula is C12H13ClN2S. The van der Waals surface area contributed by atoms with Gasteiger partial charge in [-0.2, -0.15) is 0 Å². The van der Waals surface area contributed by atoms with Gasteiger partial charge in [-0.3, -0.25) is 0 Å². The summed E-state index contributed by atoms with van der Waals surface area (Å²) in [6.45, 7) is 0. The Labute approximate surface area is 103 Å². The summed E-state index contributed by atoms with van der Waals surface area (Å²) < 4.78 is 1.22. The number of thiazole rings is 1. The van der Waals surface area contributed by atoms with Gasteiger partial charge in [0.25, 0.3) is 0 Å². The molecule has 0 unspecified atom stereocenters. The van der Waals surface area contributed by atoms with Crippen molar-refractivity contribution in [1.29, 1.82) is 0 Å². The van der Waals surface area contributed by atoms with Crippen LogP contribution >= 0.6 is 22.9 Å². The van der Waals surface area contributed by atoms with Crippen molar-refractivity contribution in [2.24, 2.45) is 5.73 Å². The average Bonchev–Trinajstić information content (AvgIpc) is 2.83. The van der Waals surface area contributed by atoms with Crippen molar-refractivity contribution in [3.8, 4) is 0 Å². The zero-order valence-electron chi connectivity index (χ0n) is 8.82. The lowest BCUT2D eigenvalue weighted by Crippen LogP contribution is -2.14. The third-order valence-corrected chi connectivity index (χ3v) is 4.62. The molecule has 2 aromatic rings. The van der Waals surface area contributed by atoms with Crippen molar-refractivity contribution < 1.29 is 0 Å². The van der Waals surface area contributed by atoms with E-state index in [0.717, 1.165) is 23.4 Å². The molecule has 84 valence electrons. The predicted octanol–water partition coefficient (Wildman–Crippen LogP) is 3.54. The van der Waals surface area contributed by atoms with Crippen LogP contribution in [0.25, 0.3) is 10.2 Å². The molecule has 0 aliphatic heterocycles. The van der Waals surface area contributed by atoms with Crippen LogP contribution in [0.1, 0.15) is 30.2 Å². The van der Waals surface area contributed by atoms with Gasteiger partial charge in [0.1, 0.15) is 0 Å². The Hall–Kier alpha value is -0.640. The van der Waals surface area contributed by atoms with Crippen LogP contribution < -0.4 is 5.73 Å². The Morgan fingerprint density at radius 1 is 1.38 bits per heavy atom. The quantitative estimate of drug-likeness (QED) is 0.843. The van der Waals surface area contributed by atoms with E-state index in [4.69, 9.17) is 17.3 Å². The van der Waals surface area contributed by atoms with Gasteiger partial charge in [-0.1, -0.05) is 11.6 Å². The van der Waals surface area contributed by atoms with Crippen LogP contribution in [-0.4, -0.2) is 11.0 Å². The van der Waals surface area contributed by atoms with Gasteiger partial charge in [0, 0.05) is 17.0 Å². The minimum Gasteiger partial charge on any atom is -0.328 e. The Morgan fingerprint density at radius 3 is 3.00 bits per heavy atom. The summed E-state index contributed by atoms with van der Waals surface area (Å²) in [5.74, 6) is 0.561. The van der Waals surface area contributed by atoms with E-state index in [0.29, 0.717) is 12.0 Å². The molecule has 2 atom stereocenters. The first-order chi connectivity index (χ1) is 7.72. The molecule has 4 heteroatoms. The fraction of sp³-hybridized carbons (Fsp3) is 0.417. The molecule has 1 aromatic carbocycles. The maximum absolute atomic E-state index is 5.96. The fourth-order valence-electron chi connectivity index (χ4n) is 2.33. The fourth-order valence-corrected chi connectivity index (χ4v) is 3.60. The van der Waals surface area contributed by atoms with Crippen molar-refractivity contribution in [2.45, 2.75) is 31.2 Å². The third-order valence-electron chi connectivity index (χ3n) is 3.19. The van der Waals surface area contributed by atoms with Crippen LogP contribution in [0, 0.1) is 0 Å². The molecule has 1 aliphatic rings. The van der Waals surface area contributed by atoms with Crippen LogP contribution in [0.15, 0.2) is 18.2 Å². The van der Waals surface area contributed by atoms with Crippen molar-refractivity contribution in [3.05, 3.63) is 28.2 Å². The Kier molecular flexibility index (Phi) is 2.62. The lowest BCUT2D eigenvalue weighted by Gasteiger charge is -2.03. The maximum Gasteiger partial charge on any atom is 0.0970 e. The number of halogens is 1. The summed E-state index contributed by atoms with van der Waals surface area (Å²) >= 11 is 7.74. The second-order valence-electron chi connectivity index (χ2n) is 4.43. The molecule has 1 aliphatic carbocycles. The second-order valence-corrected chi connectivity index (χ2v) is 5.93. The van der Waals surface area contributed by atoms with E-state index in [9.17, 15) is 0 Å². The van der Waals surface area contributed by atoms with E-state index in [-0.39, 0.29) is 0 Å². The number of hydrogen-bond acceptors (Lipinski definition) is 3. The summed E-state index contributed by atoms with van der Waals surface area (Å²) in [5, 5.41) is 1.98. The van der Waals surface area contributed by atoms with E-state index >= 15 is 0 Å². The predicted molar refractivity (Wildman–Crippen MR) is 69.2 cm³/mol. The SMILES string of the molecule is N[C@H]1CC[C@@H](c2nc3cc(Cl)ccc3s2)C1. The molecule has 0 amide bonds. The van der Waals surface area contributed by atoms with E-state index in [2.05, 4.69) is 4.98 Å². The van der Waals surface area contributed by atoms with Gasteiger partial charge in [0.2, 0.25) is 0 Å². The van der Waals surface area contributed by atoms with Crippen molar-refractivity contribution >= 4 is 33.2 Å². The molecule has 0 spiro atoms. The standard InChI is InChI=1S/C12H13ClN2S/c13-8-2-4-11-10(6-8)15-12(16-11)7-1-3-9(14)5-7/h2,4,6-7,9H,1,3,5,14H2/t7-,9+/m1/s1. The third kappa shape index (κ3) is 1.83. The first-order valence-corrected chi connectivity index (χ1v) is 6.73. The van der Waals surface area contributed by atoms with Crippen LogP contribution in [0.5, 0.6) is 0 Å². The number of fused-ring (bicyclic) bond motifs is 1. The normalized spacial score (nSPS) is 25.4. The van der Waals surface area contributed by atoms with E-state index in [1.807, 2.05) is 18.2 Å². The summed E-state index contributed by atoms with van der Waals surface area (Å²) in [7, 11) is 0. The van der Waals surface area contributed by atoms with Crippen molar-refractivity contribution in [1.82, 2.24) is 4.98 Å². The zero-order chi connectivity index (χ0) is 11.1. The van der Waals surface area contributed by atoms with Gasteiger partial charge in [-0.25, -0.2) is 4.98 Å². The summed E-state index contributed by atoms with van der Waals surface area (Å²) in [4.78, 5) is 4.67. The highest BCUT2D eigenvalue weighted by molar-refractivity contribution is 7.18. The Balaban J connectivity index is 1.99. The molecule has 1 aromatic heterocycles. The summed E-state index contributed by atoms with van der Waals surface area (Å²) in [5.41, 5.74) is 6.96. The molecule has 1 saturated carbocycles. The highest BCUT2D eigenvalue weighted by Crippen LogP contribution is 2.37. The Bertz CT molecular complexity index is 523. The zero-order valence-corrected chi connectivity index (χ0v) is 10.4. The van der Waals surface area contributed by atoms with Gasteiger partial charge in [-0.15, -0.1) is 11.3 Å². The topological polar surface area (TPSA) is 38.9 Å². The first-order valence-electron chi connectivity index (χ1n) is 5.54. The summed E-state index contributed by atoms with van der Waals surface area (Å²) in [6, 6.07) is 6.27. The van der Waals surface area contributed by atoms with Crippen molar-refractivity contribution in [2.75, 3.05) is 0 Å². The number of rotatable bonds is 1. The molecule has 0 radical (unpaired) electrons. The highest BCUT2D eigenvalue weighted by Gasteiger charge is 2.25. The van der Waals surface area contributed by atoms with Crippen LogP contribution in [0.2, 0.25) is 5.02 Å². The van der Waals surface area contributed by atoms with E-state index < -0.39 is 0 Å². The number of aromatic nitrogens is 1. The van der Waals surface area contributed by atoms with E-state index in [1.165, 1.54) is 16.1 Å². The van der Waals surface area contributed by atoms with E-state index in [1.54, 1.807) is 11.3 Å². The largest absolute Gasteiger partial charge is 0.328 e. The minimum atomic E-state index is 0.362. The molecule has 16 heavy (non-hydrogen) atoms. The van der Waals surface area contributed by atoms with Crippen LogP contribution in [0.3, 0.4) is 0 Å².